The van der Waals surface area contributed by atoms with E-state index in [-0.39, 0.29) is 6.42 Å². The second-order valence-electron chi connectivity index (χ2n) is 3.64. The van der Waals surface area contributed by atoms with Gasteiger partial charge in [0.15, 0.2) is 0 Å². The largest absolute Gasteiger partial charge is 0.481 e. The molecule has 0 fully saturated rings. The van der Waals surface area contributed by atoms with Crippen molar-refractivity contribution < 1.29 is 9.90 Å². The number of nitrogens with zero attached hydrogens (tertiary/aromatic N) is 2. The first kappa shape index (κ1) is 11.7. The minimum absolute atomic E-state index is 0.0949. The van der Waals surface area contributed by atoms with Gasteiger partial charge in [-0.2, -0.15) is 0 Å². The molecule has 0 atom stereocenters. The minimum atomic E-state index is -0.814. The molecule has 2 aromatic rings. The lowest BCUT2D eigenvalue weighted by Crippen LogP contribution is -1.97. The van der Waals surface area contributed by atoms with E-state index in [4.69, 9.17) is 16.7 Å². The number of carbonyl (C=O) groups is 1. The van der Waals surface area contributed by atoms with E-state index in [1.54, 1.807) is 18.5 Å². The molecule has 88 valence electrons. The predicted octanol–water partition coefficient (Wildman–Crippen LogP) is 2.54. The van der Waals surface area contributed by atoms with Gasteiger partial charge in [0, 0.05) is 23.3 Å². The van der Waals surface area contributed by atoms with E-state index in [1.807, 2.05) is 22.9 Å². The van der Waals surface area contributed by atoms with Crippen molar-refractivity contribution in [3.8, 4) is 5.69 Å². The van der Waals surface area contributed by atoms with Crippen LogP contribution >= 0.6 is 11.6 Å². The second kappa shape index (κ2) is 5.01. The molecule has 0 bridgehead atoms. The van der Waals surface area contributed by atoms with Gasteiger partial charge in [0.2, 0.25) is 0 Å². The van der Waals surface area contributed by atoms with E-state index in [1.165, 1.54) is 0 Å². The molecular weight excluding hydrogens is 240 g/mol. The molecule has 1 N–H and O–H groups in total. The molecule has 17 heavy (non-hydrogen) atoms. The van der Waals surface area contributed by atoms with Crippen molar-refractivity contribution in [2.24, 2.45) is 0 Å². The first-order chi connectivity index (χ1) is 8.15. The van der Waals surface area contributed by atoms with E-state index in [0.29, 0.717) is 11.4 Å². The average Bonchev–Trinajstić information content (AvgIpc) is 2.76. The smallest absolute Gasteiger partial charge is 0.303 e. The first-order valence-corrected chi connectivity index (χ1v) is 5.53. The average molecular weight is 251 g/mol. The van der Waals surface area contributed by atoms with Gasteiger partial charge in [-0.25, -0.2) is 4.98 Å². The Bertz CT molecular complexity index is 520. The van der Waals surface area contributed by atoms with Crippen LogP contribution in [0.5, 0.6) is 0 Å². The quantitative estimate of drug-likeness (QED) is 0.907. The van der Waals surface area contributed by atoms with E-state index in [9.17, 15) is 4.79 Å². The van der Waals surface area contributed by atoms with Crippen LogP contribution in [0.3, 0.4) is 0 Å². The van der Waals surface area contributed by atoms with Crippen LogP contribution in [0.2, 0.25) is 5.02 Å². The summed E-state index contributed by atoms with van der Waals surface area (Å²) in [5.41, 5.74) is 1.71. The van der Waals surface area contributed by atoms with Crippen LogP contribution in [0.4, 0.5) is 0 Å². The number of hydrogen-bond donors (Lipinski definition) is 1. The maximum Gasteiger partial charge on any atom is 0.303 e. The fourth-order valence-electron chi connectivity index (χ4n) is 1.48. The summed E-state index contributed by atoms with van der Waals surface area (Å²) in [6, 6.07) is 7.36. The van der Waals surface area contributed by atoms with Crippen LogP contribution in [0.1, 0.15) is 12.1 Å². The zero-order valence-electron chi connectivity index (χ0n) is 9.01. The number of halogens is 1. The topological polar surface area (TPSA) is 55.1 Å². The summed E-state index contributed by atoms with van der Waals surface area (Å²) in [6.07, 6.45) is 4.03. The fraction of sp³-hybridized carbons (Fsp3) is 0.167. The van der Waals surface area contributed by atoms with Crippen LogP contribution in [0, 0.1) is 0 Å². The molecule has 2 rings (SSSR count). The number of carboxylic acids is 1. The molecule has 0 unspecified atom stereocenters. The molecule has 5 heteroatoms. The van der Waals surface area contributed by atoms with Crippen LogP contribution in [-0.4, -0.2) is 20.6 Å². The lowest BCUT2D eigenvalue weighted by Gasteiger charge is -2.00. The van der Waals surface area contributed by atoms with E-state index >= 15 is 0 Å². The van der Waals surface area contributed by atoms with E-state index in [0.717, 1.165) is 11.4 Å². The highest BCUT2D eigenvalue weighted by atomic mass is 35.5. The van der Waals surface area contributed by atoms with Crippen molar-refractivity contribution in [2.45, 2.75) is 12.8 Å². The molecule has 1 aromatic heterocycles. The first-order valence-electron chi connectivity index (χ1n) is 5.16. The maximum atomic E-state index is 10.4. The van der Waals surface area contributed by atoms with Crippen LogP contribution in [0.15, 0.2) is 36.8 Å². The monoisotopic (exact) mass is 250 g/mol. The van der Waals surface area contributed by atoms with Crippen molar-refractivity contribution in [1.29, 1.82) is 0 Å². The molecule has 1 aromatic carbocycles. The molecule has 0 aliphatic carbocycles. The molecule has 0 aliphatic heterocycles. The number of rotatable bonds is 4. The van der Waals surface area contributed by atoms with E-state index < -0.39 is 5.97 Å². The molecule has 0 amide bonds. The number of imidazole rings is 1. The molecule has 0 aliphatic rings. The minimum Gasteiger partial charge on any atom is -0.481 e. The Hall–Kier alpha value is -1.81. The Labute approximate surface area is 103 Å². The number of aromatic nitrogens is 2. The normalized spacial score (nSPS) is 10.4. The maximum absolute atomic E-state index is 10.4. The molecule has 0 saturated heterocycles. The zero-order valence-corrected chi connectivity index (χ0v) is 9.76. The van der Waals surface area contributed by atoms with Crippen molar-refractivity contribution in [1.82, 2.24) is 9.55 Å². The molecule has 0 saturated carbocycles. The second-order valence-corrected chi connectivity index (χ2v) is 4.08. The van der Waals surface area contributed by atoms with Gasteiger partial charge in [0.1, 0.15) is 0 Å². The van der Waals surface area contributed by atoms with Gasteiger partial charge in [-0.15, -0.1) is 0 Å². The molecule has 0 radical (unpaired) electrons. The van der Waals surface area contributed by atoms with Gasteiger partial charge in [0.25, 0.3) is 0 Å². The third kappa shape index (κ3) is 3.07. The van der Waals surface area contributed by atoms with Gasteiger partial charge >= 0.3 is 5.97 Å². The zero-order chi connectivity index (χ0) is 12.3. The van der Waals surface area contributed by atoms with Crippen LogP contribution in [0.25, 0.3) is 5.69 Å². The molecular formula is C12H11ClN2O2. The lowest BCUT2D eigenvalue weighted by molar-refractivity contribution is -0.136. The number of benzene rings is 1. The van der Waals surface area contributed by atoms with Crippen molar-refractivity contribution in [3.63, 3.8) is 0 Å². The van der Waals surface area contributed by atoms with Gasteiger partial charge in [-0.1, -0.05) is 11.6 Å². The van der Waals surface area contributed by atoms with Gasteiger partial charge < -0.3 is 9.67 Å². The SMILES string of the molecule is O=C(O)CCc1cn(-c2ccc(Cl)cc2)cn1. The van der Waals surface area contributed by atoms with Crippen molar-refractivity contribution in [2.75, 3.05) is 0 Å². The third-order valence-electron chi connectivity index (χ3n) is 2.36. The highest BCUT2D eigenvalue weighted by molar-refractivity contribution is 6.30. The van der Waals surface area contributed by atoms with Gasteiger partial charge in [0.05, 0.1) is 18.4 Å². The predicted molar refractivity (Wildman–Crippen MR) is 64.5 cm³/mol. The Morgan fingerprint density at radius 2 is 2.06 bits per heavy atom. The Kier molecular flexibility index (Phi) is 3.44. The summed E-state index contributed by atoms with van der Waals surface area (Å²) in [5, 5.41) is 9.26. The van der Waals surface area contributed by atoms with Gasteiger partial charge in [-0.3, -0.25) is 4.79 Å². The number of hydrogen-bond acceptors (Lipinski definition) is 2. The third-order valence-corrected chi connectivity index (χ3v) is 2.61. The fourth-order valence-corrected chi connectivity index (χ4v) is 1.61. The lowest BCUT2D eigenvalue weighted by atomic mass is 10.2. The summed E-state index contributed by atoms with van der Waals surface area (Å²) < 4.78 is 1.84. The molecule has 4 nitrogen and oxygen atoms in total. The number of carboxylic acid groups (broad SMARTS) is 1. The van der Waals surface area contributed by atoms with Crippen molar-refractivity contribution in [3.05, 3.63) is 47.5 Å². The summed E-state index contributed by atoms with van der Waals surface area (Å²) >= 11 is 5.80. The highest BCUT2D eigenvalue weighted by Gasteiger charge is 2.03. The molecule has 0 spiro atoms. The number of aryl methyl sites for hydroxylation is 1. The summed E-state index contributed by atoms with van der Waals surface area (Å²) in [7, 11) is 0. The molecule has 1 heterocycles. The van der Waals surface area contributed by atoms with Crippen LogP contribution < -0.4 is 0 Å². The van der Waals surface area contributed by atoms with Gasteiger partial charge in [-0.05, 0) is 24.3 Å². The Morgan fingerprint density at radius 3 is 2.71 bits per heavy atom. The van der Waals surface area contributed by atoms with Crippen molar-refractivity contribution >= 4 is 17.6 Å². The highest BCUT2D eigenvalue weighted by Crippen LogP contribution is 2.14. The Morgan fingerprint density at radius 1 is 1.35 bits per heavy atom. The number of aliphatic carboxylic acids is 1. The summed E-state index contributed by atoms with van der Waals surface area (Å²) in [6.45, 7) is 0. The summed E-state index contributed by atoms with van der Waals surface area (Å²) in [5.74, 6) is -0.814. The van der Waals surface area contributed by atoms with Crippen LogP contribution in [-0.2, 0) is 11.2 Å². The standard InChI is InChI=1S/C12H11ClN2O2/c13-9-1-4-11(5-2-9)15-7-10(14-8-15)3-6-12(16)17/h1-2,4-5,7-8H,3,6H2,(H,16,17). The summed E-state index contributed by atoms with van der Waals surface area (Å²) in [4.78, 5) is 14.6. The van der Waals surface area contributed by atoms with E-state index in [2.05, 4.69) is 4.98 Å². The Balaban J connectivity index is 2.12.